The van der Waals surface area contributed by atoms with Crippen LogP contribution in [0.4, 0.5) is 4.39 Å². The molecule has 2 heterocycles. The van der Waals surface area contributed by atoms with E-state index in [-0.39, 0.29) is 4.90 Å². The molecule has 0 atom stereocenters. The molecule has 0 amide bonds. The first-order valence-electron chi connectivity index (χ1n) is 12.3. The topological polar surface area (TPSA) is 52.0 Å². The Kier molecular flexibility index (Phi) is 9.01. The molecule has 0 aliphatic heterocycles. The molecule has 0 saturated heterocycles. The van der Waals surface area contributed by atoms with Gasteiger partial charge in [0, 0.05) is 0 Å². The summed E-state index contributed by atoms with van der Waals surface area (Å²) >= 11 is -3.19. The van der Waals surface area contributed by atoms with E-state index < -0.39 is 34.2 Å². The van der Waals surface area contributed by atoms with Gasteiger partial charge in [0.15, 0.2) is 0 Å². The standard InChI is InChI=1S/C14H10FN2O2S.3C4H9.Sn/c1-10-2-4-13(5-3-10)20(18,19)17-7-6-11-8-12(15)9-16-14(11)17;3*1-3-4-2;/h2-6,8-9H,1H3;3*1,3-4H2,2H3;. The van der Waals surface area contributed by atoms with Gasteiger partial charge in [0.05, 0.1) is 0 Å². The number of pyridine rings is 1. The number of fused-ring (bicyclic) bond motifs is 1. The van der Waals surface area contributed by atoms with Crippen LogP contribution in [0.25, 0.3) is 11.0 Å². The summed E-state index contributed by atoms with van der Waals surface area (Å²) in [5, 5.41) is 0.589. The van der Waals surface area contributed by atoms with Gasteiger partial charge in [-0.2, -0.15) is 0 Å². The molecule has 0 fully saturated rings. The second-order valence-electron chi connectivity index (χ2n) is 9.27. The Bertz CT molecular complexity index is 1150. The number of hydrogen-bond donors (Lipinski definition) is 0. The molecule has 0 bridgehead atoms. The molecule has 0 N–H and O–H groups in total. The SMILES string of the molecule is CCC[CH2][Sn]([CH2]CCC)([CH2]CCC)[c]1cc2cc(F)cnc2n1S(=O)(=O)c1ccc(C)cc1. The van der Waals surface area contributed by atoms with Crippen LogP contribution in [0.2, 0.25) is 13.3 Å². The maximum atomic E-state index is 14.1. The number of benzene rings is 1. The summed E-state index contributed by atoms with van der Waals surface area (Å²) in [5.41, 5.74) is 1.37. The molecule has 0 unspecified atom stereocenters. The van der Waals surface area contributed by atoms with E-state index in [2.05, 4.69) is 25.8 Å². The molecular weight excluding hydrogens is 542 g/mol. The van der Waals surface area contributed by atoms with E-state index in [9.17, 15) is 12.8 Å². The summed E-state index contributed by atoms with van der Waals surface area (Å²) < 4.78 is 48.1. The maximum absolute atomic E-state index is 14.1. The fourth-order valence-corrected chi connectivity index (χ4v) is 24.5. The minimum atomic E-state index is -3.86. The quantitative estimate of drug-likeness (QED) is 0.223. The van der Waals surface area contributed by atoms with Crippen molar-refractivity contribution in [2.45, 2.75) is 84.4 Å². The van der Waals surface area contributed by atoms with E-state index >= 15 is 0 Å². The molecule has 33 heavy (non-hydrogen) atoms. The van der Waals surface area contributed by atoms with Crippen molar-refractivity contribution in [2.75, 3.05) is 0 Å². The van der Waals surface area contributed by atoms with Crippen LogP contribution in [0.1, 0.15) is 64.9 Å². The molecule has 0 radical (unpaired) electrons. The summed E-state index contributed by atoms with van der Waals surface area (Å²) in [6.45, 7) is 8.54. The van der Waals surface area contributed by atoms with Gasteiger partial charge < -0.3 is 0 Å². The van der Waals surface area contributed by atoms with E-state index in [0.717, 1.165) is 67.3 Å². The zero-order valence-electron chi connectivity index (χ0n) is 20.4. The van der Waals surface area contributed by atoms with Crippen LogP contribution in [-0.2, 0) is 10.0 Å². The van der Waals surface area contributed by atoms with Gasteiger partial charge >= 0.3 is 203 Å². The van der Waals surface area contributed by atoms with Crippen molar-refractivity contribution in [1.82, 2.24) is 8.96 Å². The zero-order chi connectivity index (χ0) is 24.1. The fourth-order valence-electron chi connectivity index (χ4n) is 4.78. The first kappa shape index (κ1) is 26.2. The Hall–Kier alpha value is -1.41. The predicted molar refractivity (Wildman–Crippen MR) is 138 cm³/mol. The van der Waals surface area contributed by atoms with Crippen molar-refractivity contribution < 1.29 is 12.8 Å². The van der Waals surface area contributed by atoms with Crippen LogP contribution in [0.5, 0.6) is 0 Å². The van der Waals surface area contributed by atoms with Gasteiger partial charge in [-0.05, 0) is 0 Å². The van der Waals surface area contributed by atoms with E-state index in [1.165, 1.54) is 10.0 Å². The van der Waals surface area contributed by atoms with Crippen LogP contribution < -0.4 is 3.71 Å². The van der Waals surface area contributed by atoms with E-state index in [1.54, 1.807) is 12.1 Å². The minimum absolute atomic E-state index is 0.264. The number of unbranched alkanes of at least 4 members (excludes halogenated alkanes) is 3. The Balaban J connectivity index is 2.34. The number of rotatable bonds is 12. The van der Waals surface area contributed by atoms with Crippen LogP contribution >= 0.6 is 0 Å². The first-order valence-corrected chi connectivity index (χ1v) is 21.2. The van der Waals surface area contributed by atoms with Crippen molar-refractivity contribution in [3.05, 3.63) is 54.0 Å². The number of aryl methyl sites for hydroxylation is 1. The molecule has 7 heteroatoms. The van der Waals surface area contributed by atoms with Crippen LogP contribution in [0.3, 0.4) is 0 Å². The summed E-state index contributed by atoms with van der Waals surface area (Å²) in [7, 11) is -3.86. The Morgan fingerprint density at radius 2 is 1.45 bits per heavy atom. The van der Waals surface area contributed by atoms with Crippen molar-refractivity contribution in [1.29, 1.82) is 0 Å². The molecule has 0 saturated carbocycles. The summed E-state index contributed by atoms with van der Waals surface area (Å²) in [5.74, 6) is -0.435. The molecule has 4 nitrogen and oxygen atoms in total. The number of aromatic nitrogens is 2. The molecule has 0 spiro atoms. The molecule has 1 aromatic carbocycles. The Morgan fingerprint density at radius 1 is 0.909 bits per heavy atom. The fraction of sp³-hybridized carbons (Fsp3) is 0.500. The van der Waals surface area contributed by atoms with E-state index in [1.807, 2.05) is 25.1 Å². The van der Waals surface area contributed by atoms with Crippen LogP contribution in [0, 0.1) is 12.7 Å². The first-order chi connectivity index (χ1) is 15.8. The van der Waals surface area contributed by atoms with E-state index in [4.69, 9.17) is 0 Å². The Morgan fingerprint density at radius 3 is 1.97 bits per heavy atom. The van der Waals surface area contributed by atoms with Crippen LogP contribution in [-0.4, -0.2) is 35.8 Å². The molecule has 2 aromatic heterocycles. The molecule has 3 aromatic rings. The summed E-state index contributed by atoms with van der Waals surface area (Å²) in [4.78, 5) is 4.57. The molecule has 0 aliphatic rings. The van der Waals surface area contributed by atoms with Gasteiger partial charge in [-0.25, -0.2) is 0 Å². The van der Waals surface area contributed by atoms with Gasteiger partial charge in [0.2, 0.25) is 0 Å². The van der Waals surface area contributed by atoms with Gasteiger partial charge in [0.25, 0.3) is 0 Å². The third-order valence-electron chi connectivity index (χ3n) is 6.69. The van der Waals surface area contributed by atoms with Gasteiger partial charge in [-0.3, -0.25) is 0 Å². The van der Waals surface area contributed by atoms with Crippen molar-refractivity contribution in [3.63, 3.8) is 0 Å². The van der Waals surface area contributed by atoms with E-state index in [0.29, 0.717) is 11.0 Å². The third-order valence-corrected chi connectivity index (χ3v) is 24.2. The number of halogens is 1. The van der Waals surface area contributed by atoms with Gasteiger partial charge in [-0.15, -0.1) is 0 Å². The van der Waals surface area contributed by atoms with Crippen molar-refractivity contribution in [3.8, 4) is 0 Å². The average molecular weight is 579 g/mol. The normalized spacial score (nSPS) is 12.5. The second-order valence-corrected chi connectivity index (χ2v) is 24.1. The second kappa shape index (κ2) is 11.3. The average Bonchev–Trinajstić information content (AvgIpc) is 3.19. The molecule has 0 aliphatic carbocycles. The monoisotopic (exact) mass is 580 g/mol. The summed E-state index contributed by atoms with van der Waals surface area (Å²) in [6, 6.07) is 10.4. The van der Waals surface area contributed by atoms with Crippen molar-refractivity contribution >= 4 is 43.1 Å². The van der Waals surface area contributed by atoms with Gasteiger partial charge in [-0.1, -0.05) is 0 Å². The van der Waals surface area contributed by atoms with Crippen molar-refractivity contribution in [2.24, 2.45) is 0 Å². The third kappa shape index (κ3) is 5.64. The summed E-state index contributed by atoms with van der Waals surface area (Å²) in [6.07, 6.45) is 7.74. The molecule has 180 valence electrons. The van der Waals surface area contributed by atoms with Crippen LogP contribution in [0.15, 0.2) is 47.5 Å². The zero-order valence-corrected chi connectivity index (χ0v) is 24.1. The number of nitrogens with zero attached hydrogens (tertiary/aromatic N) is 2. The molecule has 3 rings (SSSR count). The predicted octanol–water partition coefficient (Wildman–Crippen LogP) is 6.78. The molecular formula is C26H37FN2O2SSn. The van der Waals surface area contributed by atoms with Gasteiger partial charge in [0.1, 0.15) is 0 Å². The number of hydrogen-bond acceptors (Lipinski definition) is 3. The Labute approximate surface area is 202 Å².